The highest BCUT2D eigenvalue weighted by molar-refractivity contribution is 9.10. The average Bonchev–Trinajstić information content (AvgIpc) is 2.90. The number of halogens is 1. The molecule has 3 rings (SSSR count). The Bertz CT molecular complexity index is 733. The van der Waals surface area contributed by atoms with Crippen LogP contribution in [-0.2, 0) is 6.54 Å². The van der Waals surface area contributed by atoms with E-state index in [1.54, 1.807) is 0 Å². The fourth-order valence-corrected chi connectivity index (χ4v) is 2.76. The highest BCUT2D eigenvalue weighted by Crippen LogP contribution is 2.23. The van der Waals surface area contributed by atoms with E-state index in [0.717, 1.165) is 34.3 Å². The number of hydrogen-bond acceptors (Lipinski definition) is 2. The molecule has 3 aromatic rings. The highest BCUT2D eigenvalue weighted by Gasteiger charge is 2.06. The van der Waals surface area contributed by atoms with E-state index in [-0.39, 0.29) is 0 Å². The molecule has 4 heteroatoms. The molecule has 0 saturated heterocycles. The monoisotopic (exact) mass is 329 g/mol. The van der Waals surface area contributed by atoms with Crippen molar-refractivity contribution >= 4 is 27.0 Å². The van der Waals surface area contributed by atoms with Gasteiger partial charge in [-0.2, -0.15) is 0 Å². The van der Waals surface area contributed by atoms with Gasteiger partial charge in [0.05, 0.1) is 11.0 Å². The summed E-state index contributed by atoms with van der Waals surface area (Å²) in [4.78, 5) is 4.43. The van der Waals surface area contributed by atoms with Gasteiger partial charge in [0.25, 0.3) is 0 Å². The first kappa shape index (κ1) is 13.3. The molecule has 20 heavy (non-hydrogen) atoms. The summed E-state index contributed by atoms with van der Waals surface area (Å²) in [7, 11) is 0. The topological polar surface area (TPSA) is 29.9 Å². The molecule has 0 spiro atoms. The van der Waals surface area contributed by atoms with Crippen molar-refractivity contribution in [2.24, 2.45) is 0 Å². The number of fused-ring (bicyclic) bond motifs is 1. The quantitative estimate of drug-likeness (QED) is 0.786. The number of para-hydroxylation sites is 2. The van der Waals surface area contributed by atoms with Gasteiger partial charge in [0.15, 0.2) is 0 Å². The Labute approximate surface area is 126 Å². The van der Waals surface area contributed by atoms with E-state index in [1.165, 1.54) is 5.56 Å². The molecule has 0 atom stereocenters. The molecule has 1 heterocycles. The maximum absolute atomic E-state index is 4.43. The van der Waals surface area contributed by atoms with Crippen molar-refractivity contribution in [2.75, 3.05) is 6.54 Å². The van der Waals surface area contributed by atoms with Crippen molar-refractivity contribution < 1.29 is 0 Å². The third-order valence-electron chi connectivity index (χ3n) is 3.33. The van der Waals surface area contributed by atoms with E-state index < -0.39 is 0 Å². The van der Waals surface area contributed by atoms with Crippen molar-refractivity contribution in [3.8, 4) is 5.69 Å². The first-order valence-corrected chi connectivity index (χ1v) is 7.50. The summed E-state index contributed by atoms with van der Waals surface area (Å²) < 4.78 is 3.23. The molecule has 0 fully saturated rings. The molecule has 0 aliphatic rings. The average molecular weight is 330 g/mol. The summed E-state index contributed by atoms with van der Waals surface area (Å²) in [6.45, 7) is 3.96. The first-order valence-electron chi connectivity index (χ1n) is 6.71. The van der Waals surface area contributed by atoms with Gasteiger partial charge in [-0.3, -0.25) is 4.57 Å². The van der Waals surface area contributed by atoms with Gasteiger partial charge in [-0.05, 0) is 36.4 Å². The van der Waals surface area contributed by atoms with Crippen LogP contribution in [0.1, 0.15) is 12.5 Å². The molecular formula is C16H16BrN3. The van der Waals surface area contributed by atoms with E-state index in [1.807, 2.05) is 24.5 Å². The molecule has 102 valence electrons. The number of aromatic nitrogens is 2. The van der Waals surface area contributed by atoms with Gasteiger partial charge in [0.2, 0.25) is 0 Å². The van der Waals surface area contributed by atoms with Gasteiger partial charge in [-0.25, -0.2) is 4.98 Å². The Hall–Kier alpha value is -1.65. The van der Waals surface area contributed by atoms with Crippen LogP contribution in [0.2, 0.25) is 0 Å². The van der Waals surface area contributed by atoms with E-state index >= 15 is 0 Å². The lowest BCUT2D eigenvalue weighted by Crippen LogP contribution is -2.12. The number of benzene rings is 2. The van der Waals surface area contributed by atoms with Crippen LogP contribution in [0.25, 0.3) is 16.7 Å². The van der Waals surface area contributed by atoms with Crippen LogP contribution in [0.5, 0.6) is 0 Å². The third kappa shape index (κ3) is 2.49. The van der Waals surface area contributed by atoms with Crippen molar-refractivity contribution in [3.63, 3.8) is 0 Å². The van der Waals surface area contributed by atoms with Crippen LogP contribution in [0.3, 0.4) is 0 Å². The van der Waals surface area contributed by atoms with E-state index in [4.69, 9.17) is 0 Å². The summed E-state index contributed by atoms with van der Waals surface area (Å²) in [5, 5.41) is 3.34. The van der Waals surface area contributed by atoms with Gasteiger partial charge < -0.3 is 5.32 Å². The molecule has 2 aromatic carbocycles. The SMILES string of the molecule is CCNCc1ccc(-n2cnc3ccccc32)cc1Br. The molecule has 0 radical (unpaired) electrons. The smallest absolute Gasteiger partial charge is 0.100 e. The largest absolute Gasteiger partial charge is 0.313 e. The summed E-state index contributed by atoms with van der Waals surface area (Å²) in [6.07, 6.45) is 1.87. The van der Waals surface area contributed by atoms with Crippen molar-refractivity contribution in [2.45, 2.75) is 13.5 Å². The normalized spacial score (nSPS) is 11.1. The molecule has 0 aliphatic carbocycles. The maximum Gasteiger partial charge on any atom is 0.100 e. The number of rotatable bonds is 4. The number of hydrogen-bond donors (Lipinski definition) is 1. The fourth-order valence-electron chi connectivity index (χ4n) is 2.25. The third-order valence-corrected chi connectivity index (χ3v) is 4.07. The minimum Gasteiger partial charge on any atom is -0.313 e. The summed E-state index contributed by atoms with van der Waals surface area (Å²) in [5.41, 5.74) is 4.52. The highest BCUT2D eigenvalue weighted by atomic mass is 79.9. The lowest BCUT2D eigenvalue weighted by molar-refractivity contribution is 0.724. The van der Waals surface area contributed by atoms with Gasteiger partial charge in [0, 0.05) is 16.7 Å². The number of nitrogens with zero attached hydrogens (tertiary/aromatic N) is 2. The molecule has 0 bridgehead atoms. The van der Waals surface area contributed by atoms with Crippen LogP contribution in [0, 0.1) is 0 Å². The number of imidazole rings is 1. The summed E-state index contributed by atoms with van der Waals surface area (Å²) in [6, 6.07) is 14.6. The Morgan fingerprint density at radius 2 is 2.05 bits per heavy atom. The van der Waals surface area contributed by atoms with E-state index in [9.17, 15) is 0 Å². The first-order chi connectivity index (χ1) is 9.79. The Morgan fingerprint density at radius 1 is 1.20 bits per heavy atom. The standard InChI is InChI=1S/C16H16BrN3/c1-2-18-10-12-7-8-13(9-14(12)17)20-11-19-15-5-3-4-6-16(15)20/h3-9,11,18H,2,10H2,1H3. The lowest BCUT2D eigenvalue weighted by atomic mass is 10.2. The molecule has 0 unspecified atom stereocenters. The Morgan fingerprint density at radius 3 is 2.85 bits per heavy atom. The molecule has 0 amide bonds. The maximum atomic E-state index is 4.43. The van der Waals surface area contributed by atoms with Crippen molar-refractivity contribution in [1.82, 2.24) is 14.9 Å². The molecular weight excluding hydrogens is 314 g/mol. The van der Waals surface area contributed by atoms with Crippen molar-refractivity contribution in [3.05, 3.63) is 58.8 Å². The zero-order valence-electron chi connectivity index (χ0n) is 11.3. The van der Waals surface area contributed by atoms with Crippen LogP contribution >= 0.6 is 15.9 Å². The number of nitrogens with one attached hydrogen (secondary N) is 1. The van der Waals surface area contributed by atoms with Crippen LogP contribution < -0.4 is 5.32 Å². The van der Waals surface area contributed by atoms with Gasteiger partial charge in [-0.15, -0.1) is 0 Å². The minimum absolute atomic E-state index is 0.877. The predicted octanol–water partition coefficient (Wildman–Crippen LogP) is 3.90. The van der Waals surface area contributed by atoms with Crippen LogP contribution in [0.15, 0.2) is 53.3 Å². The second kappa shape index (κ2) is 5.77. The fraction of sp³-hybridized carbons (Fsp3) is 0.188. The van der Waals surface area contributed by atoms with Crippen LogP contribution in [0.4, 0.5) is 0 Å². The van der Waals surface area contributed by atoms with Gasteiger partial charge in [0.1, 0.15) is 6.33 Å². The lowest BCUT2D eigenvalue weighted by Gasteiger charge is -2.09. The molecule has 0 aliphatic heterocycles. The molecule has 1 aromatic heterocycles. The molecule has 0 saturated carbocycles. The zero-order valence-corrected chi connectivity index (χ0v) is 12.9. The predicted molar refractivity (Wildman–Crippen MR) is 86.2 cm³/mol. The molecule has 1 N–H and O–H groups in total. The Balaban J connectivity index is 2.00. The Kier molecular flexibility index (Phi) is 3.85. The molecule has 3 nitrogen and oxygen atoms in total. The summed E-state index contributed by atoms with van der Waals surface area (Å²) >= 11 is 3.65. The second-order valence-corrected chi connectivity index (χ2v) is 5.51. The summed E-state index contributed by atoms with van der Waals surface area (Å²) in [5.74, 6) is 0. The zero-order chi connectivity index (χ0) is 13.9. The second-order valence-electron chi connectivity index (χ2n) is 4.66. The van der Waals surface area contributed by atoms with Crippen LogP contribution in [-0.4, -0.2) is 16.1 Å². The van der Waals surface area contributed by atoms with Gasteiger partial charge in [-0.1, -0.05) is 41.1 Å². The van der Waals surface area contributed by atoms with Crippen molar-refractivity contribution in [1.29, 1.82) is 0 Å². The van der Waals surface area contributed by atoms with Gasteiger partial charge >= 0.3 is 0 Å². The van der Waals surface area contributed by atoms with E-state index in [2.05, 4.69) is 62.0 Å². The van der Waals surface area contributed by atoms with E-state index in [0.29, 0.717) is 0 Å². The minimum atomic E-state index is 0.877.